The number of rotatable bonds is 3. The minimum atomic E-state index is -4.44. The van der Waals surface area contributed by atoms with Crippen LogP contribution in [0.25, 0.3) is 0 Å². The summed E-state index contributed by atoms with van der Waals surface area (Å²) in [5.74, 6) is 0.713. The maximum absolute atomic E-state index is 13.3. The lowest BCUT2D eigenvalue weighted by atomic mass is 9.97. The third kappa shape index (κ3) is 3.49. The van der Waals surface area contributed by atoms with Crippen LogP contribution in [0.15, 0.2) is 36.5 Å². The van der Waals surface area contributed by atoms with Crippen LogP contribution in [-0.4, -0.2) is 32.6 Å². The van der Waals surface area contributed by atoms with Gasteiger partial charge in [-0.05, 0) is 24.1 Å². The Morgan fingerprint density at radius 1 is 1.25 bits per heavy atom. The van der Waals surface area contributed by atoms with E-state index < -0.39 is 23.9 Å². The molecule has 3 rings (SSSR count). The van der Waals surface area contributed by atoms with E-state index in [0.29, 0.717) is 11.6 Å². The largest absolute Gasteiger partial charge is 0.416 e. The van der Waals surface area contributed by atoms with Crippen molar-refractivity contribution in [2.45, 2.75) is 31.3 Å². The van der Waals surface area contributed by atoms with Crippen LogP contribution >= 0.6 is 0 Å². The maximum Gasteiger partial charge on any atom is 0.416 e. The molecule has 3 N–H and O–H groups in total. The van der Waals surface area contributed by atoms with Crippen LogP contribution in [0.2, 0.25) is 0 Å². The molecule has 8 heteroatoms. The van der Waals surface area contributed by atoms with E-state index in [1.54, 1.807) is 17.0 Å². The Balaban J connectivity index is 1.92. The predicted octanol–water partition coefficient (Wildman–Crippen LogP) is 2.39. The number of hydrogen-bond donors (Lipinski definition) is 2. The standard InChI is InChI=1S/C16H17F3N4O/c17-16(18,19)12-4-2-1-3-11(12)13-7-10(24)8-23(13)9-15-21-6-5-14(20)22-15/h1-6,10,13,24H,7-9H2,(H2,20,21,22)/t10-,13+/m1/s1. The molecule has 128 valence electrons. The molecule has 1 aliphatic heterocycles. The zero-order valence-corrected chi connectivity index (χ0v) is 12.7. The highest BCUT2D eigenvalue weighted by atomic mass is 19.4. The number of halogens is 3. The van der Waals surface area contributed by atoms with Crippen molar-refractivity contribution in [2.75, 3.05) is 12.3 Å². The zero-order chi connectivity index (χ0) is 17.3. The molecule has 24 heavy (non-hydrogen) atoms. The number of likely N-dealkylation sites (tertiary alicyclic amines) is 1. The molecule has 2 aromatic rings. The summed E-state index contributed by atoms with van der Waals surface area (Å²) in [6, 6.07) is 6.45. The third-order valence-electron chi connectivity index (χ3n) is 4.08. The molecular weight excluding hydrogens is 321 g/mol. The molecule has 5 nitrogen and oxygen atoms in total. The van der Waals surface area contributed by atoms with E-state index >= 15 is 0 Å². The van der Waals surface area contributed by atoms with Gasteiger partial charge in [-0.3, -0.25) is 4.90 Å². The zero-order valence-electron chi connectivity index (χ0n) is 12.7. The van der Waals surface area contributed by atoms with Crippen LogP contribution in [-0.2, 0) is 12.7 Å². The molecule has 0 spiro atoms. The molecule has 1 aromatic carbocycles. The van der Waals surface area contributed by atoms with Gasteiger partial charge in [-0.15, -0.1) is 0 Å². The van der Waals surface area contributed by atoms with Gasteiger partial charge in [-0.25, -0.2) is 9.97 Å². The van der Waals surface area contributed by atoms with Crippen molar-refractivity contribution < 1.29 is 18.3 Å². The fourth-order valence-electron chi connectivity index (χ4n) is 3.10. The molecule has 2 heterocycles. The lowest BCUT2D eigenvalue weighted by Gasteiger charge is -2.26. The first-order valence-corrected chi connectivity index (χ1v) is 7.50. The van der Waals surface area contributed by atoms with Crippen molar-refractivity contribution in [3.8, 4) is 0 Å². The second kappa shape index (κ2) is 6.37. The van der Waals surface area contributed by atoms with E-state index in [9.17, 15) is 18.3 Å². The Bertz CT molecular complexity index is 722. The first kappa shape index (κ1) is 16.7. The first-order valence-electron chi connectivity index (χ1n) is 7.50. The third-order valence-corrected chi connectivity index (χ3v) is 4.08. The minimum absolute atomic E-state index is 0.158. The normalized spacial score (nSPS) is 22.0. The average Bonchev–Trinajstić information content (AvgIpc) is 2.87. The van der Waals surface area contributed by atoms with Gasteiger partial charge in [-0.2, -0.15) is 13.2 Å². The predicted molar refractivity (Wildman–Crippen MR) is 81.7 cm³/mol. The highest BCUT2D eigenvalue weighted by Gasteiger charge is 2.39. The summed E-state index contributed by atoms with van der Waals surface area (Å²) in [6.45, 7) is 0.480. The summed E-state index contributed by atoms with van der Waals surface area (Å²) in [6.07, 6.45) is -3.40. The number of hydrogen-bond acceptors (Lipinski definition) is 5. The summed E-state index contributed by atoms with van der Waals surface area (Å²) >= 11 is 0. The number of nitrogens with two attached hydrogens (primary N) is 1. The van der Waals surface area contributed by atoms with E-state index in [1.165, 1.54) is 18.3 Å². The molecule has 0 aliphatic carbocycles. The topological polar surface area (TPSA) is 75.3 Å². The molecule has 2 atom stereocenters. The quantitative estimate of drug-likeness (QED) is 0.899. The number of aliphatic hydroxyl groups is 1. The number of alkyl halides is 3. The van der Waals surface area contributed by atoms with Crippen LogP contribution in [0.5, 0.6) is 0 Å². The van der Waals surface area contributed by atoms with Crippen LogP contribution in [0.1, 0.15) is 29.4 Å². The number of β-amino-alcohol motifs (C(OH)–C–C–N with tert-alkyl or cyclic N) is 1. The Morgan fingerprint density at radius 3 is 2.71 bits per heavy atom. The summed E-state index contributed by atoms with van der Waals surface area (Å²) < 4.78 is 39.9. The summed E-state index contributed by atoms with van der Waals surface area (Å²) in [5.41, 5.74) is 5.10. The van der Waals surface area contributed by atoms with Gasteiger partial charge < -0.3 is 10.8 Å². The number of benzene rings is 1. The summed E-state index contributed by atoms with van der Waals surface area (Å²) in [5, 5.41) is 9.97. The smallest absolute Gasteiger partial charge is 0.392 e. The molecule has 0 saturated carbocycles. The van der Waals surface area contributed by atoms with Gasteiger partial charge in [0.15, 0.2) is 0 Å². The molecule has 0 unspecified atom stereocenters. The Kier molecular flexibility index (Phi) is 4.42. The first-order chi connectivity index (χ1) is 11.3. The molecule has 1 aromatic heterocycles. The molecule has 0 bridgehead atoms. The van der Waals surface area contributed by atoms with Crippen LogP contribution in [0.4, 0.5) is 19.0 Å². The SMILES string of the molecule is Nc1ccnc(CN2C[C@H](O)C[C@H]2c2ccccc2C(F)(F)F)n1. The number of aromatic nitrogens is 2. The fraction of sp³-hybridized carbons (Fsp3) is 0.375. The van der Waals surface area contributed by atoms with Gasteiger partial charge in [-0.1, -0.05) is 18.2 Å². The highest BCUT2D eigenvalue weighted by molar-refractivity contribution is 5.33. The monoisotopic (exact) mass is 338 g/mol. The Hall–Kier alpha value is -2.19. The van der Waals surface area contributed by atoms with E-state index in [0.717, 1.165) is 6.07 Å². The fourth-order valence-corrected chi connectivity index (χ4v) is 3.10. The molecule has 1 aliphatic rings. The maximum atomic E-state index is 13.3. The van der Waals surface area contributed by atoms with Crippen molar-refractivity contribution in [3.05, 3.63) is 53.5 Å². The summed E-state index contributed by atoms with van der Waals surface area (Å²) in [7, 11) is 0. The van der Waals surface area contributed by atoms with Crippen LogP contribution in [0.3, 0.4) is 0 Å². The molecule has 1 fully saturated rings. The molecule has 1 saturated heterocycles. The number of nitrogen functional groups attached to an aromatic ring is 1. The lowest BCUT2D eigenvalue weighted by Crippen LogP contribution is -2.27. The molecule has 0 amide bonds. The van der Waals surface area contributed by atoms with Gasteiger partial charge >= 0.3 is 6.18 Å². The van der Waals surface area contributed by atoms with Gasteiger partial charge in [0.25, 0.3) is 0 Å². The van der Waals surface area contributed by atoms with Gasteiger partial charge in [0.2, 0.25) is 0 Å². The minimum Gasteiger partial charge on any atom is -0.392 e. The number of nitrogens with zero attached hydrogens (tertiary/aromatic N) is 3. The summed E-state index contributed by atoms with van der Waals surface area (Å²) in [4.78, 5) is 9.93. The number of anilines is 1. The van der Waals surface area contributed by atoms with Crippen molar-refractivity contribution >= 4 is 5.82 Å². The lowest BCUT2D eigenvalue weighted by molar-refractivity contribution is -0.138. The van der Waals surface area contributed by atoms with E-state index in [2.05, 4.69) is 9.97 Å². The van der Waals surface area contributed by atoms with E-state index in [4.69, 9.17) is 5.73 Å². The molecule has 0 radical (unpaired) electrons. The molecular formula is C16H17F3N4O. The van der Waals surface area contributed by atoms with Crippen LogP contribution < -0.4 is 5.73 Å². The highest BCUT2D eigenvalue weighted by Crippen LogP contribution is 2.40. The van der Waals surface area contributed by atoms with Crippen molar-refractivity contribution in [1.82, 2.24) is 14.9 Å². The van der Waals surface area contributed by atoms with Crippen LogP contribution in [0, 0.1) is 0 Å². The second-order valence-electron chi connectivity index (χ2n) is 5.82. The van der Waals surface area contributed by atoms with Crippen molar-refractivity contribution in [2.24, 2.45) is 0 Å². The van der Waals surface area contributed by atoms with Gasteiger partial charge in [0.05, 0.1) is 18.2 Å². The number of aliphatic hydroxyl groups excluding tert-OH is 1. The van der Waals surface area contributed by atoms with Crippen molar-refractivity contribution in [1.29, 1.82) is 0 Å². The Labute approximate surface area is 137 Å². The van der Waals surface area contributed by atoms with Gasteiger partial charge in [0, 0.05) is 18.8 Å². The Morgan fingerprint density at radius 2 is 2.00 bits per heavy atom. The van der Waals surface area contributed by atoms with Crippen molar-refractivity contribution in [3.63, 3.8) is 0 Å². The average molecular weight is 338 g/mol. The van der Waals surface area contributed by atoms with E-state index in [-0.39, 0.29) is 25.1 Å². The second-order valence-corrected chi connectivity index (χ2v) is 5.82. The van der Waals surface area contributed by atoms with Gasteiger partial charge in [0.1, 0.15) is 11.6 Å². The van der Waals surface area contributed by atoms with E-state index in [1.807, 2.05) is 0 Å².